The minimum Gasteiger partial charge on any atom is -0.481 e. The summed E-state index contributed by atoms with van der Waals surface area (Å²) in [5.74, 6) is -3.87. The van der Waals surface area contributed by atoms with E-state index in [0.717, 1.165) is 0 Å². The van der Waals surface area contributed by atoms with Gasteiger partial charge in [-0.2, -0.15) is 0 Å². The maximum atomic E-state index is 12.8. The van der Waals surface area contributed by atoms with Crippen molar-refractivity contribution in [3.63, 3.8) is 0 Å². The Morgan fingerprint density at radius 2 is 2.06 bits per heavy atom. The summed E-state index contributed by atoms with van der Waals surface area (Å²) in [4.78, 5) is 21.2. The Balaban J connectivity index is 2.57. The molecule has 3 N–H and O–H groups in total. The predicted molar refractivity (Wildman–Crippen MR) is 58.3 cm³/mol. The van der Waals surface area contributed by atoms with Crippen LogP contribution < -0.4 is 5.32 Å². The maximum Gasteiger partial charge on any atom is 0.308 e. The molecule has 0 bridgehead atoms. The van der Waals surface area contributed by atoms with Crippen LogP contribution in [0.15, 0.2) is 24.3 Å². The second-order valence-electron chi connectivity index (χ2n) is 3.52. The van der Waals surface area contributed by atoms with Crippen molar-refractivity contribution in [3.8, 4) is 0 Å². The number of halogens is 1. The third kappa shape index (κ3) is 4.50. The van der Waals surface area contributed by atoms with Crippen molar-refractivity contribution in [2.75, 3.05) is 11.9 Å². The lowest BCUT2D eigenvalue weighted by molar-refractivity contribution is -0.147. The van der Waals surface area contributed by atoms with Crippen LogP contribution >= 0.6 is 0 Å². The molecule has 0 radical (unpaired) electrons. The van der Waals surface area contributed by atoms with Crippen molar-refractivity contribution < 1.29 is 24.2 Å². The monoisotopic (exact) mass is 241 g/mol. The van der Waals surface area contributed by atoms with E-state index in [-0.39, 0.29) is 6.54 Å². The van der Waals surface area contributed by atoms with E-state index >= 15 is 0 Å². The summed E-state index contributed by atoms with van der Waals surface area (Å²) in [6.45, 7) is -0.0644. The first kappa shape index (κ1) is 13.0. The summed E-state index contributed by atoms with van der Waals surface area (Å²) < 4.78 is 12.8. The van der Waals surface area contributed by atoms with Crippen LogP contribution in [0.5, 0.6) is 0 Å². The van der Waals surface area contributed by atoms with E-state index in [4.69, 9.17) is 10.2 Å². The van der Waals surface area contributed by atoms with Gasteiger partial charge in [-0.25, -0.2) is 4.39 Å². The van der Waals surface area contributed by atoms with Crippen LogP contribution in [0.1, 0.15) is 6.42 Å². The lowest BCUT2D eigenvalue weighted by atomic mass is 10.1. The van der Waals surface area contributed by atoms with Crippen molar-refractivity contribution in [1.82, 2.24) is 0 Å². The molecule has 0 amide bonds. The highest BCUT2D eigenvalue weighted by Crippen LogP contribution is 2.11. The molecule has 0 fully saturated rings. The minimum atomic E-state index is -1.20. The van der Waals surface area contributed by atoms with Gasteiger partial charge in [0.1, 0.15) is 5.82 Å². The number of carbonyl (C=O) groups is 2. The van der Waals surface area contributed by atoms with Crippen LogP contribution in [0.3, 0.4) is 0 Å². The lowest BCUT2D eigenvalue weighted by Gasteiger charge is -2.12. The largest absolute Gasteiger partial charge is 0.481 e. The van der Waals surface area contributed by atoms with Crippen molar-refractivity contribution in [3.05, 3.63) is 30.1 Å². The smallest absolute Gasteiger partial charge is 0.308 e. The summed E-state index contributed by atoms with van der Waals surface area (Å²) in [5, 5.41) is 20.0. The highest BCUT2D eigenvalue weighted by molar-refractivity contribution is 5.78. The Kier molecular flexibility index (Phi) is 4.45. The Morgan fingerprint density at radius 3 is 2.59 bits per heavy atom. The molecule has 0 spiro atoms. The average Bonchev–Trinajstić information content (AvgIpc) is 2.23. The van der Waals surface area contributed by atoms with Crippen LogP contribution in [-0.4, -0.2) is 28.7 Å². The molecule has 0 saturated carbocycles. The third-order valence-corrected chi connectivity index (χ3v) is 2.15. The Labute approximate surface area is 96.9 Å². The van der Waals surface area contributed by atoms with E-state index < -0.39 is 30.1 Å². The van der Waals surface area contributed by atoms with Crippen LogP contribution in [0.2, 0.25) is 0 Å². The Bertz CT molecular complexity index is 422. The molecule has 17 heavy (non-hydrogen) atoms. The highest BCUT2D eigenvalue weighted by Gasteiger charge is 2.20. The molecule has 0 aromatic heterocycles. The summed E-state index contributed by atoms with van der Waals surface area (Å²) >= 11 is 0. The first-order valence-electron chi connectivity index (χ1n) is 4.93. The number of anilines is 1. The first-order chi connectivity index (χ1) is 7.99. The fraction of sp³-hybridized carbons (Fsp3) is 0.273. The fourth-order valence-electron chi connectivity index (χ4n) is 1.30. The summed E-state index contributed by atoms with van der Waals surface area (Å²) in [6.07, 6.45) is -0.475. The number of carboxylic acid groups (broad SMARTS) is 2. The molecule has 6 heteroatoms. The van der Waals surface area contributed by atoms with E-state index in [9.17, 15) is 14.0 Å². The summed E-state index contributed by atoms with van der Waals surface area (Å²) in [5.41, 5.74) is 0.418. The number of benzene rings is 1. The molecule has 0 aliphatic heterocycles. The maximum absolute atomic E-state index is 12.8. The van der Waals surface area contributed by atoms with Crippen LogP contribution in [0.4, 0.5) is 10.1 Å². The number of rotatable bonds is 6. The van der Waals surface area contributed by atoms with Gasteiger partial charge in [-0.05, 0) is 18.2 Å². The average molecular weight is 241 g/mol. The second-order valence-corrected chi connectivity index (χ2v) is 3.52. The van der Waals surface area contributed by atoms with Gasteiger partial charge in [0.15, 0.2) is 0 Å². The molecule has 0 saturated heterocycles. The van der Waals surface area contributed by atoms with E-state index in [1.807, 2.05) is 0 Å². The Hall–Kier alpha value is -2.11. The van der Waals surface area contributed by atoms with E-state index in [0.29, 0.717) is 5.69 Å². The van der Waals surface area contributed by atoms with E-state index in [1.54, 1.807) is 6.07 Å². The van der Waals surface area contributed by atoms with Crippen LogP contribution in [0, 0.1) is 11.7 Å². The quantitative estimate of drug-likeness (QED) is 0.701. The van der Waals surface area contributed by atoms with Gasteiger partial charge in [0.05, 0.1) is 12.3 Å². The van der Waals surface area contributed by atoms with E-state index in [1.165, 1.54) is 18.2 Å². The van der Waals surface area contributed by atoms with Gasteiger partial charge in [-0.3, -0.25) is 9.59 Å². The van der Waals surface area contributed by atoms with Gasteiger partial charge >= 0.3 is 11.9 Å². The number of nitrogens with one attached hydrogen (secondary N) is 1. The molecule has 5 nitrogen and oxygen atoms in total. The number of hydrogen-bond acceptors (Lipinski definition) is 3. The van der Waals surface area contributed by atoms with Gasteiger partial charge in [0.25, 0.3) is 0 Å². The van der Waals surface area contributed by atoms with Crippen LogP contribution in [0.25, 0.3) is 0 Å². The SMILES string of the molecule is O=C(O)CC(CNc1cccc(F)c1)C(=O)O. The Morgan fingerprint density at radius 1 is 1.35 bits per heavy atom. The number of carboxylic acids is 2. The number of hydrogen-bond donors (Lipinski definition) is 3. The molecule has 0 aliphatic carbocycles. The zero-order valence-electron chi connectivity index (χ0n) is 8.89. The van der Waals surface area contributed by atoms with Crippen molar-refractivity contribution >= 4 is 17.6 Å². The molecule has 92 valence electrons. The fourth-order valence-corrected chi connectivity index (χ4v) is 1.30. The molecule has 0 heterocycles. The van der Waals surface area contributed by atoms with Crippen molar-refractivity contribution in [1.29, 1.82) is 0 Å². The standard InChI is InChI=1S/C11H12FNO4/c12-8-2-1-3-9(5-8)13-6-7(11(16)17)4-10(14)15/h1-3,5,7,13H,4,6H2,(H,14,15)(H,16,17). The van der Waals surface area contributed by atoms with Gasteiger partial charge in [0.2, 0.25) is 0 Å². The highest BCUT2D eigenvalue weighted by atomic mass is 19.1. The number of aliphatic carboxylic acids is 2. The predicted octanol–water partition coefficient (Wildman–Crippen LogP) is 1.41. The van der Waals surface area contributed by atoms with Crippen molar-refractivity contribution in [2.24, 2.45) is 5.92 Å². The molecule has 1 aromatic carbocycles. The van der Waals surface area contributed by atoms with Gasteiger partial charge in [0, 0.05) is 12.2 Å². The zero-order chi connectivity index (χ0) is 12.8. The van der Waals surface area contributed by atoms with Gasteiger partial charge < -0.3 is 15.5 Å². The lowest BCUT2D eigenvalue weighted by Crippen LogP contribution is -2.25. The minimum absolute atomic E-state index is 0.0644. The van der Waals surface area contributed by atoms with Gasteiger partial charge in [-0.15, -0.1) is 0 Å². The molecule has 1 aromatic rings. The zero-order valence-corrected chi connectivity index (χ0v) is 8.89. The van der Waals surface area contributed by atoms with Crippen LogP contribution in [-0.2, 0) is 9.59 Å². The molecule has 1 unspecified atom stereocenters. The molecular formula is C11H12FNO4. The molecule has 0 aliphatic rings. The van der Waals surface area contributed by atoms with Crippen molar-refractivity contribution in [2.45, 2.75) is 6.42 Å². The summed E-state index contributed by atoms with van der Waals surface area (Å²) in [7, 11) is 0. The second kappa shape index (κ2) is 5.83. The first-order valence-corrected chi connectivity index (χ1v) is 4.93. The van der Waals surface area contributed by atoms with E-state index in [2.05, 4.69) is 5.32 Å². The third-order valence-electron chi connectivity index (χ3n) is 2.15. The molecular weight excluding hydrogens is 229 g/mol. The topological polar surface area (TPSA) is 86.6 Å². The molecule has 1 rings (SSSR count). The molecule has 1 atom stereocenters. The van der Waals surface area contributed by atoms with Gasteiger partial charge in [-0.1, -0.05) is 6.07 Å². The normalized spacial score (nSPS) is 11.8. The summed E-state index contributed by atoms with van der Waals surface area (Å²) in [6, 6.07) is 5.52.